The van der Waals surface area contributed by atoms with Crippen LogP contribution >= 0.6 is 0 Å². The lowest BCUT2D eigenvalue weighted by Crippen LogP contribution is -2.51. The molecule has 0 aromatic carbocycles. The number of aliphatic hydroxyl groups is 3. The molecule has 2 atom stereocenters. The molecule has 0 amide bonds. The Kier molecular flexibility index (Phi) is 1.58. The normalized spacial score (nSPS) is 43.8. The van der Waals surface area contributed by atoms with Crippen LogP contribution in [0.25, 0.3) is 0 Å². The summed E-state index contributed by atoms with van der Waals surface area (Å²) in [4.78, 5) is 0. The molecule has 0 bridgehead atoms. The second-order valence-electron chi connectivity index (χ2n) is 3.13. The van der Waals surface area contributed by atoms with Gasteiger partial charge in [0, 0.05) is 0 Å². The Morgan fingerprint density at radius 3 is 2.18 bits per heavy atom. The molecule has 3 nitrogen and oxygen atoms in total. The van der Waals surface area contributed by atoms with Crippen molar-refractivity contribution in [1.29, 1.82) is 0 Å². The predicted octanol–water partition coefficient (Wildman–Crippen LogP) is 0.500. The third-order valence-electron chi connectivity index (χ3n) is 2.16. The minimum absolute atomic E-state index is 0.218. The van der Waals surface area contributed by atoms with Crippen LogP contribution in [-0.2, 0) is 0 Å². The van der Waals surface area contributed by atoms with Crippen LogP contribution in [0, 0.1) is 0 Å². The summed E-state index contributed by atoms with van der Waals surface area (Å²) in [5.74, 6) is -0.218. The summed E-state index contributed by atoms with van der Waals surface area (Å²) < 4.78 is 0. The number of rotatable bonds is 0. The summed E-state index contributed by atoms with van der Waals surface area (Å²) in [7, 11) is 0. The zero-order valence-electron chi connectivity index (χ0n) is 6.57. The smallest absolute Gasteiger partial charge is 0.150 e. The maximum Gasteiger partial charge on any atom is 0.150 e. The van der Waals surface area contributed by atoms with E-state index in [0.717, 1.165) is 0 Å². The Hall–Kier alpha value is -0.800. The quantitative estimate of drug-likeness (QED) is 0.478. The van der Waals surface area contributed by atoms with Crippen molar-refractivity contribution in [3.05, 3.63) is 24.0 Å². The molecule has 62 valence electrons. The summed E-state index contributed by atoms with van der Waals surface area (Å²) in [5, 5.41) is 28.3. The van der Waals surface area contributed by atoms with Gasteiger partial charge in [-0.25, -0.2) is 0 Å². The summed E-state index contributed by atoms with van der Waals surface area (Å²) >= 11 is 0. The van der Waals surface area contributed by atoms with Gasteiger partial charge in [0.2, 0.25) is 0 Å². The molecule has 1 aliphatic carbocycles. The first-order valence-corrected chi connectivity index (χ1v) is 3.41. The first-order chi connectivity index (χ1) is 4.88. The predicted molar refractivity (Wildman–Crippen MR) is 41.1 cm³/mol. The van der Waals surface area contributed by atoms with Gasteiger partial charge in [0.25, 0.3) is 0 Å². The van der Waals surface area contributed by atoms with Crippen molar-refractivity contribution in [3.63, 3.8) is 0 Å². The lowest BCUT2D eigenvalue weighted by atomic mass is 9.81. The molecule has 3 heteroatoms. The zero-order valence-corrected chi connectivity index (χ0v) is 6.57. The van der Waals surface area contributed by atoms with E-state index in [4.69, 9.17) is 0 Å². The molecule has 0 spiro atoms. The molecule has 11 heavy (non-hydrogen) atoms. The lowest BCUT2D eigenvalue weighted by molar-refractivity contribution is -0.0980. The minimum Gasteiger partial charge on any atom is -0.509 e. The van der Waals surface area contributed by atoms with Crippen LogP contribution in [0.2, 0.25) is 0 Å². The van der Waals surface area contributed by atoms with Crippen molar-refractivity contribution < 1.29 is 15.3 Å². The van der Waals surface area contributed by atoms with Crippen molar-refractivity contribution in [3.8, 4) is 0 Å². The molecule has 1 rings (SSSR count). The zero-order chi connectivity index (χ0) is 8.70. The van der Waals surface area contributed by atoms with Crippen LogP contribution in [0.4, 0.5) is 0 Å². The van der Waals surface area contributed by atoms with Crippen LogP contribution in [0.3, 0.4) is 0 Å². The van der Waals surface area contributed by atoms with Crippen LogP contribution in [0.5, 0.6) is 0 Å². The third kappa shape index (κ3) is 1.06. The van der Waals surface area contributed by atoms with E-state index in [0.29, 0.717) is 0 Å². The molecule has 0 fully saturated rings. The van der Waals surface area contributed by atoms with E-state index in [-0.39, 0.29) is 5.76 Å². The highest BCUT2D eigenvalue weighted by Crippen LogP contribution is 2.31. The van der Waals surface area contributed by atoms with Gasteiger partial charge in [-0.2, -0.15) is 0 Å². The van der Waals surface area contributed by atoms with Crippen molar-refractivity contribution in [1.82, 2.24) is 0 Å². The number of allylic oxidation sites excluding steroid dienone is 2. The largest absolute Gasteiger partial charge is 0.509 e. The van der Waals surface area contributed by atoms with Gasteiger partial charge in [0.1, 0.15) is 11.4 Å². The van der Waals surface area contributed by atoms with Gasteiger partial charge in [-0.05, 0) is 26.0 Å². The van der Waals surface area contributed by atoms with Gasteiger partial charge in [0.05, 0.1) is 0 Å². The molecule has 0 aromatic rings. The molecule has 0 aliphatic heterocycles. The van der Waals surface area contributed by atoms with Crippen LogP contribution in [0.1, 0.15) is 13.8 Å². The molecular weight excluding hydrogens is 144 g/mol. The van der Waals surface area contributed by atoms with E-state index < -0.39 is 11.2 Å². The molecule has 1 aliphatic rings. The van der Waals surface area contributed by atoms with E-state index in [1.54, 1.807) is 0 Å². The van der Waals surface area contributed by atoms with Crippen molar-refractivity contribution in [2.24, 2.45) is 0 Å². The maximum atomic E-state index is 9.55. The van der Waals surface area contributed by atoms with E-state index in [9.17, 15) is 15.3 Å². The standard InChI is InChI=1S/C8H12O3/c1-7(10)5-3-4-6(9)8(7,2)11/h3-5,9-11H,1-2H3. The van der Waals surface area contributed by atoms with Gasteiger partial charge in [0.15, 0.2) is 5.60 Å². The molecule has 3 N–H and O–H groups in total. The van der Waals surface area contributed by atoms with Gasteiger partial charge >= 0.3 is 0 Å². The topological polar surface area (TPSA) is 60.7 Å². The molecule has 0 heterocycles. The van der Waals surface area contributed by atoms with Gasteiger partial charge in [-0.1, -0.05) is 6.08 Å². The monoisotopic (exact) mass is 156 g/mol. The summed E-state index contributed by atoms with van der Waals surface area (Å²) in [6.45, 7) is 2.80. The lowest BCUT2D eigenvalue weighted by Gasteiger charge is -2.37. The van der Waals surface area contributed by atoms with Crippen LogP contribution < -0.4 is 0 Å². The Morgan fingerprint density at radius 1 is 1.27 bits per heavy atom. The molecule has 0 aromatic heterocycles. The van der Waals surface area contributed by atoms with Gasteiger partial charge < -0.3 is 15.3 Å². The fourth-order valence-electron chi connectivity index (χ4n) is 0.910. The van der Waals surface area contributed by atoms with Gasteiger partial charge in [-0.3, -0.25) is 0 Å². The Morgan fingerprint density at radius 2 is 1.82 bits per heavy atom. The molecule has 2 unspecified atom stereocenters. The number of hydrogen-bond donors (Lipinski definition) is 3. The SMILES string of the molecule is CC1(O)C=CC=C(O)C1(C)O. The number of hydrogen-bond acceptors (Lipinski definition) is 3. The molecular formula is C8H12O3. The third-order valence-corrected chi connectivity index (χ3v) is 2.16. The average molecular weight is 156 g/mol. The van der Waals surface area contributed by atoms with Crippen LogP contribution in [-0.4, -0.2) is 26.5 Å². The van der Waals surface area contributed by atoms with Crippen LogP contribution in [0.15, 0.2) is 24.0 Å². The second kappa shape index (κ2) is 2.09. The fourth-order valence-corrected chi connectivity index (χ4v) is 0.910. The molecule has 0 saturated heterocycles. The van der Waals surface area contributed by atoms with E-state index in [1.807, 2.05) is 0 Å². The number of aliphatic hydroxyl groups excluding tert-OH is 1. The summed E-state index contributed by atoms with van der Waals surface area (Å²) in [5.41, 5.74) is -2.98. The van der Waals surface area contributed by atoms with Crippen molar-refractivity contribution >= 4 is 0 Å². The first kappa shape index (κ1) is 8.30. The summed E-state index contributed by atoms with van der Waals surface area (Å²) in [6.07, 6.45) is 4.30. The highest BCUT2D eigenvalue weighted by molar-refractivity contribution is 5.30. The van der Waals surface area contributed by atoms with Gasteiger partial charge in [-0.15, -0.1) is 0 Å². The van der Waals surface area contributed by atoms with Crippen molar-refractivity contribution in [2.75, 3.05) is 0 Å². The second-order valence-corrected chi connectivity index (χ2v) is 3.13. The fraction of sp³-hybridized carbons (Fsp3) is 0.500. The van der Waals surface area contributed by atoms with E-state index >= 15 is 0 Å². The Balaban J connectivity index is 3.09. The molecule has 0 saturated carbocycles. The Labute approximate surface area is 65.3 Å². The Bertz CT molecular complexity index is 223. The van der Waals surface area contributed by atoms with E-state index in [1.165, 1.54) is 32.1 Å². The van der Waals surface area contributed by atoms with Crippen molar-refractivity contribution in [2.45, 2.75) is 25.0 Å². The molecule has 0 radical (unpaired) electrons. The first-order valence-electron chi connectivity index (χ1n) is 3.41. The highest BCUT2D eigenvalue weighted by atomic mass is 16.4. The highest BCUT2D eigenvalue weighted by Gasteiger charge is 2.44. The van der Waals surface area contributed by atoms with E-state index in [2.05, 4.69) is 0 Å². The average Bonchev–Trinajstić information content (AvgIpc) is 1.84. The minimum atomic E-state index is -1.58. The summed E-state index contributed by atoms with van der Waals surface area (Å²) in [6, 6.07) is 0. The maximum absolute atomic E-state index is 9.55.